The van der Waals surface area contributed by atoms with Crippen LogP contribution in [0, 0.1) is 11.8 Å². The number of hydrogen-bond donors (Lipinski definition) is 21. The van der Waals surface area contributed by atoms with Crippen LogP contribution in [0.15, 0.2) is 97.6 Å². The molecule has 0 saturated carbocycles. The molecule has 0 fully saturated rings. The van der Waals surface area contributed by atoms with Gasteiger partial charge in [0, 0.05) is 110 Å². The second-order valence-electron chi connectivity index (χ2n) is 31.8. The van der Waals surface area contributed by atoms with Crippen LogP contribution >= 0.6 is 24.0 Å². The number of imidazole rings is 1. The zero-order valence-corrected chi connectivity index (χ0v) is 73.3. The molecule has 6 aromatic rings. The van der Waals surface area contributed by atoms with Gasteiger partial charge in [-0.3, -0.25) is 86.6 Å². The molecule has 1 spiro atoms. The van der Waals surface area contributed by atoms with E-state index in [2.05, 4.69) is 73.4 Å². The van der Waals surface area contributed by atoms with E-state index in [4.69, 9.17) is 33.2 Å². The van der Waals surface area contributed by atoms with Crippen LogP contribution in [0.25, 0.3) is 10.9 Å². The third kappa shape index (κ3) is 30.1. The maximum absolute atomic E-state index is 15.0. The number of aromatic amines is 2. The van der Waals surface area contributed by atoms with Crippen molar-refractivity contribution in [3.63, 3.8) is 0 Å². The van der Waals surface area contributed by atoms with E-state index in [0.29, 0.717) is 50.3 Å². The number of carbonyl (C=O) groups excluding carboxylic acids is 12. The Balaban J connectivity index is 0.976. The van der Waals surface area contributed by atoms with Crippen molar-refractivity contribution < 1.29 is 117 Å². The monoisotopic (exact) mass is 1830 g/mol. The van der Waals surface area contributed by atoms with Crippen LogP contribution in [0.4, 0.5) is 5.69 Å². The molecule has 0 aliphatic carbocycles. The molecule has 45 heteroatoms. The molecule has 0 radical (unpaired) electrons. The summed E-state index contributed by atoms with van der Waals surface area (Å²) in [6.07, 6.45) is 5.02. The van der Waals surface area contributed by atoms with Crippen LogP contribution < -0.4 is 74.7 Å². The van der Waals surface area contributed by atoms with Crippen molar-refractivity contribution in [1.82, 2.24) is 82.8 Å². The molecule has 2 aliphatic heterocycles. The molecule has 2 aliphatic rings. The van der Waals surface area contributed by atoms with Gasteiger partial charge >= 0.3 is 29.8 Å². The molecule has 2 aromatic heterocycles. The third-order valence-electron chi connectivity index (χ3n) is 20.9. The molecule has 129 heavy (non-hydrogen) atoms. The van der Waals surface area contributed by atoms with Gasteiger partial charge in [-0.15, -0.1) is 0 Å². The lowest BCUT2D eigenvalue weighted by atomic mass is 9.77. The minimum Gasteiger partial charge on any atom is -0.508 e. The minimum absolute atomic E-state index is 0.0566. The number of benzene rings is 4. The van der Waals surface area contributed by atoms with Crippen molar-refractivity contribution in [2.24, 2.45) is 23.3 Å². The molecule has 23 N–H and O–H groups in total. The van der Waals surface area contributed by atoms with Crippen LogP contribution in [0.1, 0.15) is 118 Å². The Kier molecular flexibility index (Phi) is 37.4. The van der Waals surface area contributed by atoms with Crippen LogP contribution in [0.3, 0.4) is 0 Å². The van der Waals surface area contributed by atoms with Gasteiger partial charge in [-0.05, 0) is 130 Å². The molecule has 4 heterocycles. The van der Waals surface area contributed by atoms with E-state index in [9.17, 15) is 107 Å². The molecule has 0 unspecified atom stereocenters. The molecule has 8 atom stereocenters. The highest BCUT2D eigenvalue weighted by Gasteiger charge is 2.54. The molecular formula is C84H109N19O24S2. The number of aromatic hydroxyl groups is 2. The van der Waals surface area contributed by atoms with Crippen molar-refractivity contribution in [3.8, 4) is 23.0 Å². The van der Waals surface area contributed by atoms with Gasteiger partial charge in [0.25, 0.3) is 0 Å². The zero-order chi connectivity index (χ0) is 94.5. The number of thioether (sulfide) groups is 1. The Labute approximate surface area is 749 Å². The number of ether oxygens (including phenoxy) is 2. The Morgan fingerprint density at radius 1 is 0.558 bits per heavy atom. The van der Waals surface area contributed by atoms with E-state index in [1.165, 1.54) is 66.4 Å². The van der Waals surface area contributed by atoms with Gasteiger partial charge in [-0.2, -0.15) is 11.8 Å². The van der Waals surface area contributed by atoms with E-state index in [-0.39, 0.29) is 117 Å². The molecule has 8 rings (SSSR count). The topological polar surface area (TPSA) is 652 Å². The molecule has 11 amide bonds. The number of thiocarbonyl (C=S) groups is 1. The maximum Gasteiger partial charge on any atom is 0.340 e. The van der Waals surface area contributed by atoms with E-state index < -0.39 is 207 Å². The number of rotatable bonds is 53. The first-order valence-electron chi connectivity index (χ1n) is 41.3. The Morgan fingerprint density at radius 3 is 1.69 bits per heavy atom. The highest BCUT2D eigenvalue weighted by atomic mass is 32.2. The van der Waals surface area contributed by atoms with Gasteiger partial charge in [-0.1, -0.05) is 52.0 Å². The van der Waals surface area contributed by atoms with Crippen LogP contribution in [0.5, 0.6) is 23.0 Å². The molecule has 0 saturated heterocycles. The number of nitrogens with zero attached hydrogens (tertiary/aromatic N) is 4. The zero-order valence-electron chi connectivity index (χ0n) is 71.7. The first kappa shape index (κ1) is 101. The number of carboxylic acids is 4. The van der Waals surface area contributed by atoms with Crippen molar-refractivity contribution in [2.75, 3.05) is 89.3 Å². The molecule has 43 nitrogen and oxygen atoms in total. The lowest BCUT2D eigenvalue weighted by molar-refractivity contribution is -0.143. The number of hydrogen-bond acceptors (Lipinski definition) is 26. The van der Waals surface area contributed by atoms with E-state index in [1.807, 2.05) is 20.1 Å². The van der Waals surface area contributed by atoms with Gasteiger partial charge in [0.15, 0.2) is 10.7 Å². The van der Waals surface area contributed by atoms with Gasteiger partial charge in [0.2, 0.25) is 65.0 Å². The SMILES string of the molecule is CSCC[C@H](NC(=O)[C@H](CC(C)C)NC(=O)[C@H](Cc1c[nH]cn1)NC(=O)CNC(=O)[C@@H](NC(=O)[C@H](C)NC(=O)[C@H](Cc1c[nH]c2ccccc12)NC(=O)[C@H](CCC(N)=O)NC(=O)[C@H](CCCCNC(=S)Nc1ccc2c(c1)C(=O)OC21c2ccc(O)cc2Oc2cc(O)ccc21)NC(=O)CN(CCN(CCN(CC(=O)O)CC(=O)O)CC(=O)O)CC(=O)O)C(C)C)C(N)=O. The second-order valence-corrected chi connectivity index (χ2v) is 33.1. The van der Waals surface area contributed by atoms with E-state index >= 15 is 0 Å². The number of fused-ring (bicyclic) bond motifs is 7. The fourth-order valence-corrected chi connectivity index (χ4v) is 15.2. The van der Waals surface area contributed by atoms with E-state index in [0.717, 1.165) is 9.80 Å². The summed E-state index contributed by atoms with van der Waals surface area (Å²) in [7, 11) is 0. The first-order valence-corrected chi connectivity index (χ1v) is 43.1. The number of aromatic nitrogens is 3. The second kappa shape index (κ2) is 47.9. The summed E-state index contributed by atoms with van der Waals surface area (Å²) in [4.78, 5) is 229. The highest BCUT2D eigenvalue weighted by Crippen LogP contribution is 2.57. The Hall–Kier alpha value is -13.5. The van der Waals surface area contributed by atoms with Crippen molar-refractivity contribution >= 4 is 141 Å². The number of nitrogens with two attached hydrogens (primary N) is 2. The lowest BCUT2D eigenvalue weighted by Crippen LogP contribution is -2.60. The standard InChI is InChI=1S/C84H109N19O24S2/c1-44(2)29-61(79(122)96-58(74(86)117)22-28-129-6)98-80(123)63(32-49-36-87-43-91-49)95-67(107)37-90-81(124)73(45(3)4)100-75(118)46(5)92-78(121)62(30-47-35-89-57-12-8-7-11-52(47)57)99-77(120)60(20-21-66(85)106)97-76(119)59(94-68(108)38-102(40-70(111)112)26-24-101(39-69(109)110)25-27-103(41-71(113)114)42-72(115)116)13-9-10-23-88-83(128)93-48-14-17-54-53(31-48)82(125)127-84(54)55-18-15-50(104)33-64(55)126-65-34-51(105)16-19-56(65)84/h7-8,11-12,14-19,31,33-36,43-46,58-63,73,89,104-105H,9-10,13,20-30,32,37-42H2,1-6H3,(H2,85,106)(H2,86,117)(H,87,91)(H,90,124)(H,92,121)(H,94,108)(H,95,107)(H,96,122)(H,97,119)(H,98,123)(H,99,120)(H,100,118)(H,109,110)(H,111,112)(H,113,114)(H,115,116)(H2,88,93,128)/t46-,58-,59-,60-,61-,62-,63-,73-/m0/s1. The number of aliphatic carboxylic acids is 4. The van der Waals surface area contributed by atoms with Crippen molar-refractivity contribution in [2.45, 2.75) is 146 Å². The first-order chi connectivity index (χ1) is 61.2. The number of nitrogens with one attached hydrogen (secondary N) is 13. The largest absolute Gasteiger partial charge is 0.508 e. The van der Waals surface area contributed by atoms with Crippen LogP contribution in [-0.2, 0) is 95.1 Å². The number of phenolic OH excluding ortho intramolecular Hbond substituents is 2. The fraction of sp³-hybridized carbons (Fsp3) is 0.452. The average Bonchev–Trinajstić information content (AvgIpc) is 1.66. The summed E-state index contributed by atoms with van der Waals surface area (Å²) < 4.78 is 12.3. The summed E-state index contributed by atoms with van der Waals surface area (Å²) in [6.45, 7) is 2.56. The number of unbranched alkanes of at least 4 members (excludes halogenated alkanes) is 1. The number of para-hydroxylation sites is 1. The number of amides is 11. The Morgan fingerprint density at radius 2 is 1.10 bits per heavy atom. The van der Waals surface area contributed by atoms with Crippen molar-refractivity contribution in [1.29, 1.82) is 0 Å². The van der Waals surface area contributed by atoms with E-state index in [1.54, 1.807) is 68.6 Å². The smallest absolute Gasteiger partial charge is 0.340 e. The van der Waals surface area contributed by atoms with Crippen molar-refractivity contribution in [3.05, 3.63) is 131 Å². The normalized spacial score (nSPS) is 14.1. The number of carbonyl (C=O) groups is 16. The Bertz CT molecular complexity index is 5020. The average molecular weight is 1830 g/mol. The third-order valence-corrected chi connectivity index (χ3v) is 21.7. The lowest BCUT2D eigenvalue weighted by Gasteiger charge is -2.36. The maximum atomic E-state index is 15.0. The molecular weight excluding hydrogens is 1720 g/mol. The van der Waals surface area contributed by atoms with Crippen LogP contribution in [0.2, 0.25) is 0 Å². The van der Waals surface area contributed by atoms with Gasteiger partial charge in [0.1, 0.15) is 71.3 Å². The predicted molar refractivity (Wildman–Crippen MR) is 469 cm³/mol. The fourth-order valence-electron chi connectivity index (χ4n) is 14.5. The summed E-state index contributed by atoms with van der Waals surface area (Å²) in [5.41, 5.74) is 12.8. The molecule has 696 valence electrons. The summed E-state index contributed by atoms with van der Waals surface area (Å²) >= 11 is 7.10. The predicted octanol–water partition coefficient (Wildman–Crippen LogP) is -0.723. The number of esters is 1. The number of phenols is 2. The highest BCUT2D eigenvalue weighted by molar-refractivity contribution is 7.98. The molecule has 0 bridgehead atoms. The minimum atomic E-state index is -1.75. The van der Waals surface area contributed by atoms with Gasteiger partial charge < -0.3 is 120 Å². The summed E-state index contributed by atoms with van der Waals surface area (Å²) in [5, 5.41) is 89.5. The number of anilines is 1. The number of H-pyrrole nitrogens is 2. The number of carboxylic acid groups (broad SMARTS) is 4. The number of primary amides is 2. The van der Waals surface area contributed by atoms with Gasteiger partial charge in [-0.25, -0.2) is 9.78 Å². The van der Waals surface area contributed by atoms with Gasteiger partial charge in [0.05, 0.1) is 56.9 Å². The molecule has 4 aromatic carbocycles. The summed E-state index contributed by atoms with van der Waals surface area (Å²) in [5.74, 6) is -16.5. The van der Waals surface area contributed by atoms with Crippen LogP contribution in [-0.4, -0.2) is 293 Å². The summed E-state index contributed by atoms with van der Waals surface area (Å²) in [6, 6.07) is 8.90. The quantitative estimate of drug-likeness (QED) is 0.0127.